The van der Waals surface area contributed by atoms with Crippen molar-refractivity contribution in [2.24, 2.45) is 0 Å². The van der Waals surface area contributed by atoms with Gasteiger partial charge in [-0.05, 0) is 49.4 Å². The van der Waals surface area contributed by atoms with Crippen molar-refractivity contribution < 1.29 is 4.79 Å². The highest BCUT2D eigenvalue weighted by Crippen LogP contribution is 2.51. The third-order valence-corrected chi connectivity index (χ3v) is 6.17. The van der Waals surface area contributed by atoms with Gasteiger partial charge in [0.1, 0.15) is 0 Å². The van der Waals surface area contributed by atoms with Crippen LogP contribution in [0.1, 0.15) is 60.9 Å². The molecule has 5 nitrogen and oxygen atoms in total. The van der Waals surface area contributed by atoms with Gasteiger partial charge in [0, 0.05) is 35.3 Å². The molecule has 1 aromatic carbocycles. The normalized spacial score (nSPS) is 21.2. The average Bonchev–Trinajstić information content (AvgIpc) is 3.47. The Hall–Kier alpha value is -2.43. The van der Waals surface area contributed by atoms with E-state index in [1.165, 1.54) is 37.7 Å². The summed E-state index contributed by atoms with van der Waals surface area (Å²) < 4.78 is 0. The van der Waals surface area contributed by atoms with Gasteiger partial charge in [0.15, 0.2) is 0 Å². The van der Waals surface area contributed by atoms with E-state index >= 15 is 0 Å². The van der Waals surface area contributed by atoms with Crippen molar-refractivity contribution in [3.63, 3.8) is 0 Å². The number of hydrogen-bond donors (Lipinski definition) is 2. The number of fused-ring (bicyclic) bond motifs is 2. The Morgan fingerprint density at radius 1 is 1.12 bits per heavy atom. The van der Waals surface area contributed by atoms with Crippen LogP contribution in [0, 0.1) is 0 Å². The Labute approximate surface area is 153 Å². The highest BCUT2D eigenvalue weighted by molar-refractivity contribution is 5.98. The third-order valence-electron chi connectivity index (χ3n) is 6.17. The molecule has 1 amide bonds. The van der Waals surface area contributed by atoms with Gasteiger partial charge in [0.2, 0.25) is 5.95 Å². The SMILES string of the molecule is O=C1NCC2(CC2)c2cc(-c3ccnc(NC4CCCCC4)n3)ccc21. The number of carbonyl (C=O) groups excluding carboxylic acids is 1. The summed E-state index contributed by atoms with van der Waals surface area (Å²) in [6.45, 7) is 0.764. The van der Waals surface area contributed by atoms with Gasteiger partial charge in [-0.25, -0.2) is 9.97 Å². The van der Waals surface area contributed by atoms with Gasteiger partial charge in [0.05, 0.1) is 5.69 Å². The van der Waals surface area contributed by atoms with Crippen molar-refractivity contribution in [3.8, 4) is 11.3 Å². The molecule has 0 unspecified atom stereocenters. The number of carbonyl (C=O) groups is 1. The Balaban J connectivity index is 1.45. The van der Waals surface area contributed by atoms with E-state index in [4.69, 9.17) is 4.98 Å². The summed E-state index contributed by atoms with van der Waals surface area (Å²) in [4.78, 5) is 21.3. The third kappa shape index (κ3) is 2.75. The number of rotatable bonds is 3. The molecule has 2 fully saturated rings. The number of hydrogen-bond acceptors (Lipinski definition) is 4. The number of amides is 1. The summed E-state index contributed by atoms with van der Waals surface area (Å²) in [6.07, 6.45) is 10.4. The minimum absolute atomic E-state index is 0.0476. The van der Waals surface area contributed by atoms with Crippen LogP contribution in [0.2, 0.25) is 0 Å². The standard InChI is InChI=1S/C21H24N4O/c26-19-16-7-6-14(12-17(16)21(9-10-21)13-23-19)18-8-11-22-20(25-18)24-15-4-2-1-3-5-15/h6-8,11-12,15H,1-5,9-10,13H2,(H,23,26)(H,22,24,25). The zero-order valence-corrected chi connectivity index (χ0v) is 14.9. The summed E-state index contributed by atoms with van der Waals surface area (Å²) in [6, 6.07) is 8.58. The lowest BCUT2D eigenvalue weighted by Gasteiger charge is -2.26. The van der Waals surface area contributed by atoms with Gasteiger partial charge >= 0.3 is 0 Å². The summed E-state index contributed by atoms with van der Waals surface area (Å²) in [7, 11) is 0. The molecule has 2 saturated carbocycles. The molecule has 0 atom stereocenters. The second-order valence-corrected chi connectivity index (χ2v) is 7.97. The van der Waals surface area contributed by atoms with E-state index in [2.05, 4.69) is 21.7 Å². The molecule has 1 spiro atoms. The molecule has 0 saturated heterocycles. The van der Waals surface area contributed by atoms with Crippen LogP contribution in [-0.4, -0.2) is 28.5 Å². The number of anilines is 1. The molecule has 0 bridgehead atoms. The van der Waals surface area contributed by atoms with Crippen molar-refractivity contribution in [2.45, 2.75) is 56.4 Å². The van der Waals surface area contributed by atoms with Gasteiger partial charge in [0.25, 0.3) is 5.91 Å². The molecule has 2 heterocycles. The van der Waals surface area contributed by atoms with E-state index in [1.807, 2.05) is 24.4 Å². The zero-order chi connectivity index (χ0) is 17.6. The van der Waals surface area contributed by atoms with E-state index in [1.54, 1.807) is 0 Å². The molecule has 2 N–H and O–H groups in total. The average molecular weight is 348 g/mol. The smallest absolute Gasteiger partial charge is 0.251 e. The van der Waals surface area contributed by atoms with E-state index in [9.17, 15) is 4.79 Å². The second kappa shape index (κ2) is 6.08. The molecule has 2 aromatic rings. The summed E-state index contributed by atoms with van der Waals surface area (Å²) in [5.41, 5.74) is 4.17. The largest absolute Gasteiger partial charge is 0.351 e. The molecule has 5 heteroatoms. The summed E-state index contributed by atoms with van der Waals surface area (Å²) >= 11 is 0. The molecule has 2 aliphatic carbocycles. The van der Waals surface area contributed by atoms with Crippen LogP contribution in [0.25, 0.3) is 11.3 Å². The van der Waals surface area contributed by atoms with Gasteiger partial charge in [-0.15, -0.1) is 0 Å². The van der Waals surface area contributed by atoms with Crippen molar-refractivity contribution in [1.82, 2.24) is 15.3 Å². The molecule has 134 valence electrons. The summed E-state index contributed by atoms with van der Waals surface area (Å²) in [5, 5.41) is 6.53. The highest BCUT2D eigenvalue weighted by Gasteiger charge is 2.48. The first-order valence-corrected chi connectivity index (χ1v) is 9.76. The van der Waals surface area contributed by atoms with Crippen molar-refractivity contribution in [3.05, 3.63) is 41.6 Å². The minimum atomic E-state index is 0.0476. The molecule has 1 aliphatic heterocycles. The van der Waals surface area contributed by atoms with Gasteiger partial charge in [-0.2, -0.15) is 0 Å². The van der Waals surface area contributed by atoms with Gasteiger partial charge in [-0.1, -0.05) is 25.3 Å². The molecular weight excluding hydrogens is 324 g/mol. The number of aromatic nitrogens is 2. The molecule has 1 aromatic heterocycles. The van der Waals surface area contributed by atoms with E-state index < -0.39 is 0 Å². The fourth-order valence-electron chi connectivity index (χ4n) is 4.40. The fourth-order valence-corrected chi connectivity index (χ4v) is 4.40. The topological polar surface area (TPSA) is 66.9 Å². The highest BCUT2D eigenvalue weighted by atomic mass is 16.1. The van der Waals surface area contributed by atoms with Crippen LogP contribution < -0.4 is 10.6 Å². The Morgan fingerprint density at radius 3 is 2.77 bits per heavy atom. The lowest BCUT2D eigenvalue weighted by Crippen LogP contribution is -2.39. The van der Waals surface area contributed by atoms with Crippen LogP contribution in [0.15, 0.2) is 30.5 Å². The maximum Gasteiger partial charge on any atom is 0.251 e. The van der Waals surface area contributed by atoms with Crippen molar-refractivity contribution in [1.29, 1.82) is 0 Å². The van der Waals surface area contributed by atoms with Gasteiger partial charge in [-0.3, -0.25) is 4.79 Å². The van der Waals surface area contributed by atoms with Crippen LogP contribution in [-0.2, 0) is 5.41 Å². The molecule has 26 heavy (non-hydrogen) atoms. The van der Waals surface area contributed by atoms with Crippen LogP contribution in [0.5, 0.6) is 0 Å². The molecule has 5 rings (SSSR count). The predicted octanol–water partition coefficient (Wildman–Crippen LogP) is 3.66. The lowest BCUT2D eigenvalue weighted by molar-refractivity contribution is 0.0937. The van der Waals surface area contributed by atoms with E-state index in [0.717, 1.165) is 36.2 Å². The number of nitrogens with zero attached hydrogens (tertiary/aromatic N) is 2. The molecular formula is C21H24N4O. The van der Waals surface area contributed by atoms with Crippen LogP contribution in [0.4, 0.5) is 5.95 Å². The number of nitrogens with one attached hydrogen (secondary N) is 2. The number of benzene rings is 1. The Kier molecular flexibility index (Phi) is 3.69. The Morgan fingerprint density at radius 2 is 1.96 bits per heavy atom. The van der Waals surface area contributed by atoms with Crippen LogP contribution >= 0.6 is 0 Å². The van der Waals surface area contributed by atoms with E-state index in [0.29, 0.717) is 12.0 Å². The Bertz CT molecular complexity index is 853. The first kappa shape index (κ1) is 15.8. The molecule has 0 radical (unpaired) electrons. The minimum Gasteiger partial charge on any atom is -0.351 e. The fraction of sp³-hybridized carbons (Fsp3) is 0.476. The van der Waals surface area contributed by atoms with Gasteiger partial charge < -0.3 is 10.6 Å². The maximum atomic E-state index is 12.2. The maximum absolute atomic E-state index is 12.2. The van der Waals surface area contributed by atoms with Crippen molar-refractivity contribution in [2.75, 3.05) is 11.9 Å². The summed E-state index contributed by atoms with van der Waals surface area (Å²) in [5.74, 6) is 0.761. The first-order chi connectivity index (χ1) is 12.7. The monoisotopic (exact) mass is 348 g/mol. The molecule has 3 aliphatic rings. The predicted molar refractivity (Wildman–Crippen MR) is 101 cm³/mol. The van der Waals surface area contributed by atoms with Crippen molar-refractivity contribution >= 4 is 11.9 Å². The van der Waals surface area contributed by atoms with Crippen LogP contribution in [0.3, 0.4) is 0 Å². The first-order valence-electron chi connectivity index (χ1n) is 9.76. The lowest BCUT2D eigenvalue weighted by atomic mass is 9.86. The quantitative estimate of drug-likeness (QED) is 0.888. The zero-order valence-electron chi connectivity index (χ0n) is 14.9. The van der Waals surface area contributed by atoms with E-state index in [-0.39, 0.29) is 11.3 Å². The second-order valence-electron chi connectivity index (χ2n) is 7.97.